The van der Waals surface area contributed by atoms with E-state index in [1.165, 1.54) is 31.3 Å². The molecule has 1 rings (SSSR count). The molecule has 3 nitrogen and oxygen atoms in total. The van der Waals surface area contributed by atoms with Gasteiger partial charge in [0.25, 0.3) is 0 Å². The zero-order valence-corrected chi connectivity index (χ0v) is 13.8. The number of hydrogen-bond acceptors (Lipinski definition) is 3. The molecule has 0 radical (unpaired) electrons. The van der Waals surface area contributed by atoms with Crippen LogP contribution < -0.4 is 5.73 Å². The molecule has 0 saturated heterocycles. The maximum atomic E-state index is 10.6. The molecule has 0 atom stereocenters. The van der Waals surface area contributed by atoms with Crippen LogP contribution in [0.25, 0.3) is 0 Å². The molecule has 1 amide bonds. The lowest BCUT2D eigenvalue weighted by molar-refractivity contribution is -0.118. The average Bonchev–Trinajstić information content (AvgIpc) is 2.49. The van der Waals surface area contributed by atoms with Gasteiger partial charge in [0.2, 0.25) is 5.91 Å². The van der Waals surface area contributed by atoms with Gasteiger partial charge in [-0.1, -0.05) is 36.6 Å². The van der Waals surface area contributed by atoms with Crippen LogP contribution in [-0.4, -0.2) is 24.2 Å². The van der Waals surface area contributed by atoms with E-state index in [2.05, 4.69) is 18.2 Å². The number of ether oxygens (including phenoxy) is 1. The van der Waals surface area contributed by atoms with Crippen LogP contribution in [0.3, 0.4) is 0 Å². The monoisotopic (exact) mass is 313 g/mol. The number of carbonyl (C=O) groups is 1. The molecule has 0 unspecified atom stereocenters. The van der Waals surface area contributed by atoms with E-state index < -0.39 is 0 Å². The first-order valence-corrected chi connectivity index (χ1v) is 9.24. The van der Waals surface area contributed by atoms with Crippen LogP contribution in [-0.2, 0) is 9.53 Å². The van der Waals surface area contributed by atoms with E-state index in [1.54, 1.807) is 0 Å². The van der Waals surface area contributed by atoms with Gasteiger partial charge in [0.15, 0.2) is 0 Å². The second-order valence-corrected chi connectivity index (χ2v) is 6.48. The smallest absolute Gasteiger partial charge is 0.217 e. The fourth-order valence-corrected chi connectivity index (χ4v) is 3.03. The number of carbonyl (C=O) groups excluding carboxylic acids is 1. The number of thioether (sulfide) groups is 1. The zero-order chi connectivity index (χ0) is 15.2. The van der Waals surface area contributed by atoms with Crippen molar-refractivity contribution in [2.45, 2.75) is 57.8 Å². The SMILES string of the molecule is NC(=O)CCCCCCSCOCCCC1=CCCC=C1.[HH]. The van der Waals surface area contributed by atoms with Crippen molar-refractivity contribution in [2.75, 3.05) is 18.3 Å². The van der Waals surface area contributed by atoms with E-state index in [1.807, 2.05) is 11.8 Å². The fraction of sp³-hybridized carbons (Fsp3) is 0.706. The van der Waals surface area contributed by atoms with Gasteiger partial charge in [-0.2, -0.15) is 0 Å². The first kappa shape index (κ1) is 18.3. The van der Waals surface area contributed by atoms with E-state index in [9.17, 15) is 4.79 Å². The average molecular weight is 314 g/mol. The normalized spacial score (nSPS) is 14.2. The number of nitrogens with two attached hydrogens (primary N) is 1. The zero-order valence-electron chi connectivity index (χ0n) is 13.0. The minimum Gasteiger partial charge on any atom is -0.371 e. The Bertz CT molecular complexity index is 346. The summed E-state index contributed by atoms with van der Waals surface area (Å²) in [4.78, 5) is 10.6. The van der Waals surface area contributed by atoms with Crippen molar-refractivity contribution in [3.8, 4) is 0 Å². The molecule has 1 aliphatic carbocycles. The van der Waals surface area contributed by atoms with Crippen LogP contribution >= 0.6 is 11.8 Å². The predicted molar refractivity (Wildman–Crippen MR) is 93.4 cm³/mol. The van der Waals surface area contributed by atoms with Crippen molar-refractivity contribution < 1.29 is 11.0 Å². The summed E-state index contributed by atoms with van der Waals surface area (Å²) >= 11 is 1.86. The minimum absolute atomic E-state index is 0. The molecular formula is C17H31NO2S. The molecule has 0 aromatic heterocycles. The second-order valence-electron chi connectivity index (χ2n) is 5.43. The molecule has 4 heteroatoms. The van der Waals surface area contributed by atoms with Gasteiger partial charge in [0.05, 0.1) is 5.94 Å². The molecule has 2 N–H and O–H groups in total. The van der Waals surface area contributed by atoms with Crippen molar-refractivity contribution in [3.63, 3.8) is 0 Å². The molecule has 122 valence electrons. The van der Waals surface area contributed by atoms with Crippen molar-refractivity contribution in [1.29, 1.82) is 0 Å². The third-order valence-corrected chi connectivity index (χ3v) is 4.37. The van der Waals surface area contributed by atoms with Crippen LogP contribution in [0.1, 0.15) is 59.2 Å². The minimum atomic E-state index is -0.183. The molecule has 0 spiro atoms. The molecule has 0 saturated carbocycles. The molecule has 0 fully saturated rings. The first-order chi connectivity index (χ1) is 10.3. The van der Waals surface area contributed by atoms with E-state index in [-0.39, 0.29) is 7.33 Å². The fourth-order valence-electron chi connectivity index (χ4n) is 2.27. The van der Waals surface area contributed by atoms with Gasteiger partial charge in [0, 0.05) is 14.5 Å². The second kappa shape index (κ2) is 13.0. The molecule has 21 heavy (non-hydrogen) atoms. The number of amides is 1. The summed E-state index contributed by atoms with van der Waals surface area (Å²) in [7, 11) is 0. The lowest BCUT2D eigenvalue weighted by atomic mass is 10.0. The Kier molecular flexibility index (Phi) is 11.3. The molecule has 0 bridgehead atoms. The highest BCUT2D eigenvalue weighted by Crippen LogP contribution is 2.15. The quantitative estimate of drug-likeness (QED) is 0.404. The number of hydrogen-bond donors (Lipinski definition) is 1. The molecule has 0 aromatic rings. The van der Waals surface area contributed by atoms with Crippen LogP contribution in [0.5, 0.6) is 0 Å². The lowest BCUT2D eigenvalue weighted by Gasteiger charge is -2.07. The maximum Gasteiger partial charge on any atom is 0.217 e. The molecule has 0 aliphatic heterocycles. The highest BCUT2D eigenvalue weighted by molar-refractivity contribution is 7.99. The Labute approximate surface area is 134 Å². The van der Waals surface area contributed by atoms with E-state index in [0.717, 1.165) is 44.0 Å². The number of allylic oxidation sites excluding steroid dienone is 4. The Morgan fingerprint density at radius 3 is 2.86 bits per heavy atom. The van der Waals surface area contributed by atoms with Gasteiger partial charge in [-0.05, 0) is 44.3 Å². The molecule has 1 aliphatic rings. The Hall–Kier alpha value is -0.740. The van der Waals surface area contributed by atoms with Crippen LogP contribution in [0.2, 0.25) is 0 Å². The summed E-state index contributed by atoms with van der Waals surface area (Å²) < 4.78 is 5.63. The number of rotatable bonds is 13. The number of primary amides is 1. The van der Waals surface area contributed by atoms with E-state index in [0.29, 0.717) is 6.42 Å². The summed E-state index contributed by atoms with van der Waals surface area (Å²) in [6.07, 6.45) is 16.4. The third-order valence-electron chi connectivity index (χ3n) is 3.45. The summed E-state index contributed by atoms with van der Waals surface area (Å²) in [5.41, 5.74) is 6.56. The van der Waals surface area contributed by atoms with Crippen LogP contribution in [0.4, 0.5) is 0 Å². The largest absolute Gasteiger partial charge is 0.371 e. The molecule has 0 heterocycles. The van der Waals surface area contributed by atoms with Gasteiger partial charge < -0.3 is 10.5 Å². The van der Waals surface area contributed by atoms with Crippen molar-refractivity contribution in [1.82, 2.24) is 0 Å². The van der Waals surface area contributed by atoms with Crippen molar-refractivity contribution >= 4 is 17.7 Å². The first-order valence-electron chi connectivity index (χ1n) is 8.08. The van der Waals surface area contributed by atoms with Crippen molar-refractivity contribution in [3.05, 3.63) is 23.8 Å². The third kappa shape index (κ3) is 11.6. The van der Waals surface area contributed by atoms with E-state index in [4.69, 9.17) is 10.5 Å². The van der Waals surface area contributed by atoms with Gasteiger partial charge in [-0.25, -0.2) is 0 Å². The van der Waals surface area contributed by atoms with Crippen LogP contribution in [0.15, 0.2) is 23.8 Å². The molecule has 0 aromatic carbocycles. The van der Waals surface area contributed by atoms with Gasteiger partial charge in [0.1, 0.15) is 0 Å². The summed E-state index contributed by atoms with van der Waals surface area (Å²) in [5, 5.41) is 0. The van der Waals surface area contributed by atoms with Crippen molar-refractivity contribution in [2.24, 2.45) is 5.73 Å². The topological polar surface area (TPSA) is 52.3 Å². The Balaban J connectivity index is 0.00000441. The summed E-state index contributed by atoms with van der Waals surface area (Å²) in [6.45, 7) is 0.858. The Morgan fingerprint density at radius 1 is 1.24 bits per heavy atom. The van der Waals surface area contributed by atoms with Gasteiger partial charge in [-0.15, -0.1) is 11.8 Å². The van der Waals surface area contributed by atoms with Gasteiger partial charge in [-0.3, -0.25) is 4.79 Å². The standard InChI is InChI=1S/C17H29NO2S.H2/c18-17(19)12-6-1-2-7-14-21-15-20-13-8-11-16-9-4-3-5-10-16;/h4,9-10H,1-3,5-8,11-15H2,(H2,18,19);1H. The Morgan fingerprint density at radius 2 is 2.10 bits per heavy atom. The van der Waals surface area contributed by atoms with Crippen LogP contribution in [0, 0.1) is 0 Å². The highest BCUT2D eigenvalue weighted by atomic mass is 32.2. The summed E-state index contributed by atoms with van der Waals surface area (Å²) in [5.74, 6) is 1.76. The van der Waals surface area contributed by atoms with E-state index >= 15 is 0 Å². The molecular weight excluding hydrogens is 282 g/mol. The highest BCUT2D eigenvalue weighted by Gasteiger charge is 1.98. The predicted octanol–water partition coefficient (Wildman–Crippen LogP) is 4.43. The maximum absolute atomic E-state index is 10.6. The van der Waals surface area contributed by atoms with Gasteiger partial charge >= 0.3 is 0 Å². The number of unbranched alkanes of at least 4 members (excludes halogenated alkanes) is 3. The lowest BCUT2D eigenvalue weighted by Crippen LogP contribution is -2.09. The summed E-state index contributed by atoms with van der Waals surface area (Å²) in [6, 6.07) is 0.